The second-order valence-electron chi connectivity index (χ2n) is 6.94. The van der Waals surface area contributed by atoms with Gasteiger partial charge in [-0.15, -0.1) is 0 Å². The van der Waals surface area contributed by atoms with Gasteiger partial charge in [0.05, 0.1) is 12.2 Å². The number of alkyl halides is 3. The van der Waals surface area contributed by atoms with Gasteiger partial charge in [-0.2, -0.15) is 13.2 Å². The van der Waals surface area contributed by atoms with Gasteiger partial charge in [0.15, 0.2) is 5.76 Å². The van der Waals surface area contributed by atoms with Gasteiger partial charge in [0.1, 0.15) is 17.3 Å². The maximum Gasteiger partial charge on any atom is 0.433 e. The fourth-order valence-electron chi connectivity index (χ4n) is 3.13. The molecule has 2 aliphatic rings. The van der Waals surface area contributed by atoms with Crippen LogP contribution in [0.25, 0.3) is 0 Å². The van der Waals surface area contributed by atoms with Gasteiger partial charge >= 0.3 is 6.18 Å². The lowest BCUT2D eigenvalue weighted by Gasteiger charge is -2.35. The predicted octanol–water partition coefficient (Wildman–Crippen LogP) is 2.99. The third kappa shape index (κ3) is 3.82. The number of halogens is 3. The van der Waals surface area contributed by atoms with Gasteiger partial charge in [-0.05, 0) is 19.8 Å². The van der Waals surface area contributed by atoms with Crippen LogP contribution in [0, 0.1) is 6.92 Å². The lowest BCUT2D eigenvalue weighted by atomic mass is 10.2. The van der Waals surface area contributed by atoms with E-state index in [1.807, 2.05) is 17.9 Å². The van der Waals surface area contributed by atoms with Crippen LogP contribution in [0.15, 0.2) is 16.7 Å². The first kappa shape index (κ1) is 17.3. The highest BCUT2D eigenvalue weighted by atomic mass is 19.4. The van der Waals surface area contributed by atoms with Crippen molar-refractivity contribution in [1.82, 2.24) is 20.0 Å². The van der Waals surface area contributed by atoms with E-state index in [0.29, 0.717) is 31.3 Å². The Hall–Kier alpha value is -2.16. The molecule has 1 aliphatic heterocycles. The van der Waals surface area contributed by atoms with Crippen molar-refractivity contribution in [2.75, 3.05) is 31.1 Å². The molecule has 26 heavy (non-hydrogen) atoms. The normalized spacial score (nSPS) is 19.2. The van der Waals surface area contributed by atoms with E-state index < -0.39 is 11.9 Å². The van der Waals surface area contributed by atoms with E-state index in [9.17, 15) is 13.2 Å². The summed E-state index contributed by atoms with van der Waals surface area (Å²) >= 11 is 0. The van der Waals surface area contributed by atoms with E-state index in [0.717, 1.165) is 43.5 Å². The molecule has 6 nitrogen and oxygen atoms in total. The van der Waals surface area contributed by atoms with Crippen molar-refractivity contribution >= 4 is 5.82 Å². The van der Waals surface area contributed by atoms with Gasteiger partial charge in [0.25, 0.3) is 0 Å². The summed E-state index contributed by atoms with van der Waals surface area (Å²) < 4.78 is 44.7. The Balaban J connectivity index is 1.46. The molecule has 2 fully saturated rings. The summed E-state index contributed by atoms with van der Waals surface area (Å²) in [6.07, 6.45) is -2.72. The van der Waals surface area contributed by atoms with E-state index in [-0.39, 0.29) is 5.92 Å². The van der Waals surface area contributed by atoms with Crippen LogP contribution < -0.4 is 4.90 Å². The first-order valence-corrected chi connectivity index (χ1v) is 8.74. The average molecular weight is 367 g/mol. The molecule has 0 spiro atoms. The highest BCUT2D eigenvalue weighted by Gasteiger charge is 2.37. The Kier molecular flexibility index (Phi) is 4.34. The molecule has 4 rings (SSSR count). The molecular formula is C17H20F3N5O. The predicted molar refractivity (Wildman–Crippen MR) is 87.7 cm³/mol. The molecule has 2 aromatic rings. The Morgan fingerprint density at radius 2 is 1.85 bits per heavy atom. The molecule has 0 aromatic carbocycles. The minimum absolute atomic E-state index is 0.0760. The Morgan fingerprint density at radius 1 is 1.12 bits per heavy atom. The van der Waals surface area contributed by atoms with Crippen LogP contribution in [0.3, 0.4) is 0 Å². The van der Waals surface area contributed by atoms with Crippen LogP contribution in [0.5, 0.6) is 0 Å². The molecule has 0 bridgehead atoms. The summed E-state index contributed by atoms with van der Waals surface area (Å²) in [5.74, 6) is 1.58. The maximum atomic E-state index is 13.2. The van der Waals surface area contributed by atoms with Crippen LogP contribution in [0.2, 0.25) is 0 Å². The van der Waals surface area contributed by atoms with E-state index in [1.165, 1.54) is 0 Å². The highest BCUT2D eigenvalue weighted by molar-refractivity contribution is 5.42. The molecule has 140 valence electrons. The van der Waals surface area contributed by atoms with Crippen LogP contribution in [-0.4, -0.2) is 46.2 Å². The minimum atomic E-state index is -4.45. The molecule has 0 amide bonds. The van der Waals surface area contributed by atoms with Crippen LogP contribution in [0.1, 0.15) is 41.7 Å². The van der Waals surface area contributed by atoms with Gasteiger partial charge in [-0.25, -0.2) is 9.97 Å². The summed E-state index contributed by atoms with van der Waals surface area (Å²) in [5.41, 5.74) is -0.00382. The van der Waals surface area contributed by atoms with Crippen molar-refractivity contribution < 1.29 is 17.7 Å². The Bertz CT molecular complexity index is 779. The fraction of sp³-hybridized carbons (Fsp3) is 0.588. The van der Waals surface area contributed by atoms with Crippen LogP contribution in [0.4, 0.5) is 19.0 Å². The van der Waals surface area contributed by atoms with Crippen molar-refractivity contribution in [1.29, 1.82) is 0 Å². The molecule has 2 aromatic heterocycles. The first-order valence-electron chi connectivity index (χ1n) is 8.74. The van der Waals surface area contributed by atoms with Crippen molar-refractivity contribution in [3.8, 4) is 0 Å². The molecular weight excluding hydrogens is 347 g/mol. The molecule has 9 heteroatoms. The van der Waals surface area contributed by atoms with E-state index >= 15 is 0 Å². The lowest BCUT2D eigenvalue weighted by molar-refractivity contribution is -0.141. The second-order valence-corrected chi connectivity index (χ2v) is 6.94. The largest absolute Gasteiger partial charge is 0.433 e. The number of aryl methyl sites for hydroxylation is 1. The quantitative estimate of drug-likeness (QED) is 0.828. The van der Waals surface area contributed by atoms with E-state index in [2.05, 4.69) is 20.0 Å². The van der Waals surface area contributed by atoms with E-state index in [1.54, 1.807) is 0 Å². The number of hydrogen-bond donors (Lipinski definition) is 0. The zero-order valence-corrected chi connectivity index (χ0v) is 14.5. The maximum absolute atomic E-state index is 13.2. The molecule has 1 saturated carbocycles. The number of nitrogens with zero attached hydrogens (tertiary/aromatic N) is 5. The minimum Gasteiger partial charge on any atom is -0.360 e. The van der Waals surface area contributed by atoms with Gasteiger partial charge < -0.3 is 9.42 Å². The van der Waals surface area contributed by atoms with Crippen LogP contribution in [-0.2, 0) is 12.7 Å². The molecule has 0 radical (unpaired) electrons. The molecule has 1 aliphatic carbocycles. The summed E-state index contributed by atoms with van der Waals surface area (Å²) in [6, 6.07) is 2.97. The van der Waals surface area contributed by atoms with Crippen molar-refractivity contribution in [2.24, 2.45) is 0 Å². The third-order valence-corrected chi connectivity index (χ3v) is 4.72. The molecule has 1 saturated heterocycles. The van der Waals surface area contributed by atoms with Gasteiger partial charge in [0, 0.05) is 44.2 Å². The lowest BCUT2D eigenvalue weighted by Crippen LogP contribution is -2.46. The smallest absolute Gasteiger partial charge is 0.360 e. The van der Waals surface area contributed by atoms with Gasteiger partial charge in [0.2, 0.25) is 0 Å². The fourth-order valence-corrected chi connectivity index (χ4v) is 3.13. The van der Waals surface area contributed by atoms with Crippen molar-refractivity contribution in [3.63, 3.8) is 0 Å². The standard InChI is InChI=1S/C17H20F3N5O/c1-11-8-13(26-23-11)10-24-4-6-25(7-5-24)15-9-14(17(18,19)20)21-16(22-15)12-2-3-12/h8-9,12H,2-7,10H2,1H3. The Labute approximate surface area is 149 Å². The SMILES string of the molecule is Cc1cc(CN2CCN(c3cc(C(F)(F)F)nc(C4CC4)n3)CC2)on1. The number of hydrogen-bond acceptors (Lipinski definition) is 6. The Morgan fingerprint density at radius 3 is 2.42 bits per heavy atom. The van der Waals surface area contributed by atoms with E-state index in [4.69, 9.17) is 4.52 Å². The van der Waals surface area contributed by atoms with Crippen molar-refractivity contribution in [3.05, 3.63) is 35.1 Å². The molecule has 0 unspecified atom stereocenters. The topological polar surface area (TPSA) is 58.3 Å². The molecule has 0 N–H and O–H groups in total. The van der Waals surface area contributed by atoms with Gasteiger partial charge in [-0.3, -0.25) is 4.90 Å². The summed E-state index contributed by atoms with van der Waals surface area (Å²) in [5, 5.41) is 3.87. The highest BCUT2D eigenvalue weighted by Crippen LogP contribution is 2.40. The molecule has 3 heterocycles. The number of rotatable bonds is 4. The number of piperazine rings is 1. The van der Waals surface area contributed by atoms with Crippen LogP contribution >= 0.6 is 0 Å². The third-order valence-electron chi connectivity index (χ3n) is 4.72. The number of aromatic nitrogens is 3. The van der Waals surface area contributed by atoms with Crippen molar-refractivity contribution in [2.45, 2.75) is 38.4 Å². The first-order chi connectivity index (χ1) is 12.4. The number of anilines is 1. The zero-order chi connectivity index (χ0) is 18.3. The monoisotopic (exact) mass is 367 g/mol. The summed E-state index contributed by atoms with van der Waals surface area (Å²) in [7, 11) is 0. The second kappa shape index (κ2) is 6.53. The molecule has 0 atom stereocenters. The average Bonchev–Trinajstić information content (AvgIpc) is 3.38. The van der Waals surface area contributed by atoms with Gasteiger partial charge in [-0.1, -0.05) is 5.16 Å². The zero-order valence-electron chi connectivity index (χ0n) is 14.5. The summed E-state index contributed by atoms with van der Waals surface area (Å²) in [4.78, 5) is 12.3. The summed E-state index contributed by atoms with van der Waals surface area (Å²) in [6.45, 7) is 5.21.